The van der Waals surface area contributed by atoms with Gasteiger partial charge >= 0.3 is 0 Å². The molecule has 1 fully saturated rings. The van der Waals surface area contributed by atoms with Gasteiger partial charge in [-0.3, -0.25) is 0 Å². The van der Waals surface area contributed by atoms with Gasteiger partial charge in [0, 0.05) is 20.2 Å². The van der Waals surface area contributed by atoms with Crippen LogP contribution in [-0.4, -0.2) is 40.8 Å². The zero-order chi connectivity index (χ0) is 13.3. The minimum absolute atomic E-state index is 0.142. The molecule has 18 heavy (non-hydrogen) atoms. The Morgan fingerprint density at radius 3 is 2.83 bits per heavy atom. The summed E-state index contributed by atoms with van der Waals surface area (Å²) in [6, 6.07) is 1.33. The highest BCUT2D eigenvalue weighted by Gasteiger charge is 2.31. The van der Waals surface area contributed by atoms with Crippen molar-refractivity contribution in [2.75, 3.05) is 20.2 Å². The number of aryl methyl sites for hydroxylation is 1. The summed E-state index contributed by atoms with van der Waals surface area (Å²) in [5.74, 6) is 0. The first kappa shape index (κ1) is 14.2. The van der Waals surface area contributed by atoms with E-state index in [-0.39, 0.29) is 16.4 Å². The number of nitrogens with one attached hydrogen (secondary N) is 2. The molecule has 2 N–H and O–H groups in total. The summed E-state index contributed by atoms with van der Waals surface area (Å²) >= 11 is 6.96. The lowest BCUT2D eigenvalue weighted by Gasteiger charge is -2.17. The topological polar surface area (TPSA) is 67.4 Å². The molecule has 0 radical (unpaired) electrons. The van der Waals surface area contributed by atoms with E-state index >= 15 is 0 Å². The first-order valence-electron chi connectivity index (χ1n) is 5.46. The molecule has 1 aliphatic rings. The number of methoxy groups -OCH3 is 1. The van der Waals surface area contributed by atoms with Gasteiger partial charge in [-0.05, 0) is 18.6 Å². The molecule has 0 aliphatic carbocycles. The molecule has 1 aromatic rings. The summed E-state index contributed by atoms with van der Waals surface area (Å²) in [7, 11) is -1.95. The highest BCUT2D eigenvalue weighted by Crippen LogP contribution is 2.30. The molecule has 2 atom stereocenters. The predicted octanol–water partition coefficient (Wildman–Crippen LogP) is 0.975. The van der Waals surface area contributed by atoms with Crippen LogP contribution in [0.5, 0.6) is 0 Å². The molecule has 1 unspecified atom stereocenters. The second-order valence-electron chi connectivity index (χ2n) is 4.18. The second-order valence-corrected chi connectivity index (χ2v) is 7.78. The van der Waals surface area contributed by atoms with Crippen molar-refractivity contribution in [3.63, 3.8) is 0 Å². The first-order chi connectivity index (χ1) is 8.44. The summed E-state index contributed by atoms with van der Waals surface area (Å²) in [5, 5.41) is 3.09. The van der Waals surface area contributed by atoms with Crippen molar-refractivity contribution < 1.29 is 13.2 Å². The van der Waals surface area contributed by atoms with Crippen LogP contribution >= 0.6 is 22.9 Å². The first-order valence-corrected chi connectivity index (χ1v) is 8.13. The molecule has 2 rings (SSSR count). The van der Waals surface area contributed by atoms with Crippen molar-refractivity contribution in [1.29, 1.82) is 0 Å². The standard InChI is InChI=1S/C10H15ClN2O3S2/c1-6-3-9(17-10(6)11)18(14,15)13-7-4-12-5-8(7)16-2/h3,7-8,12-13H,4-5H2,1-2H3/t7?,8-/m0/s1. The minimum Gasteiger partial charge on any atom is -0.378 e. The van der Waals surface area contributed by atoms with E-state index in [0.29, 0.717) is 17.4 Å². The van der Waals surface area contributed by atoms with Gasteiger partial charge in [0.1, 0.15) is 4.21 Å². The summed E-state index contributed by atoms with van der Waals surface area (Å²) in [5.41, 5.74) is 0.773. The van der Waals surface area contributed by atoms with Gasteiger partial charge in [-0.1, -0.05) is 11.6 Å². The lowest BCUT2D eigenvalue weighted by atomic mass is 10.2. The van der Waals surface area contributed by atoms with E-state index in [1.807, 2.05) is 0 Å². The SMILES string of the molecule is CO[C@H]1CNCC1NS(=O)(=O)c1cc(C)c(Cl)s1. The van der Waals surface area contributed by atoms with E-state index in [2.05, 4.69) is 10.0 Å². The maximum Gasteiger partial charge on any atom is 0.250 e. The average Bonchev–Trinajstić information content (AvgIpc) is 2.86. The monoisotopic (exact) mass is 310 g/mol. The molecule has 1 aliphatic heterocycles. The predicted molar refractivity (Wildman–Crippen MR) is 71.8 cm³/mol. The van der Waals surface area contributed by atoms with Crippen molar-refractivity contribution >= 4 is 33.0 Å². The third-order valence-corrected chi connectivity index (χ3v) is 6.39. The van der Waals surface area contributed by atoms with Crippen molar-refractivity contribution in [2.24, 2.45) is 0 Å². The zero-order valence-electron chi connectivity index (χ0n) is 10.1. The van der Waals surface area contributed by atoms with E-state index in [4.69, 9.17) is 16.3 Å². The van der Waals surface area contributed by atoms with Crippen molar-refractivity contribution in [2.45, 2.75) is 23.3 Å². The van der Waals surface area contributed by atoms with Gasteiger partial charge in [-0.15, -0.1) is 11.3 Å². The smallest absolute Gasteiger partial charge is 0.250 e. The van der Waals surface area contributed by atoms with E-state index in [1.165, 1.54) is 0 Å². The fourth-order valence-electron chi connectivity index (χ4n) is 1.84. The van der Waals surface area contributed by atoms with Gasteiger partial charge in [0.2, 0.25) is 10.0 Å². The number of rotatable bonds is 4. The highest BCUT2D eigenvalue weighted by atomic mass is 35.5. The number of hydrogen-bond acceptors (Lipinski definition) is 5. The van der Waals surface area contributed by atoms with E-state index < -0.39 is 10.0 Å². The molecule has 1 aromatic heterocycles. The maximum atomic E-state index is 12.2. The summed E-state index contributed by atoms with van der Waals surface area (Å²) in [4.78, 5) is 0. The number of hydrogen-bond donors (Lipinski definition) is 2. The maximum absolute atomic E-state index is 12.2. The van der Waals surface area contributed by atoms with Gasteiger partial charge in [-0.25, -0.2) is 13.1 Å². The molecule has 0 spiro atoms. The number of ether oxygens (including phenoxy) is 1. The molecule has 0 aromatic carbocycles. The third kappa shape index (κ3) is 2.87. The molecule has 0 saturated carbocycles. The lowest BCUT2D eigenvalue weighted by Crippen LogP contribution is -2.43. The molecule has 102 valence electrons. The fourth-order valence-corrected chi connectivity index (χ4v) is 4.83. The lowest BCUT2D eigenvalue weighted by molar-refractivity contribution is 0.103. The van der Waals surface area contributed by atoms with E-state index in [0.717, 1.165) is 16.9 Å². The Balaban J connectivity index is 2.17. The zero-order valence-corrected chi connectivity index (χ0v) is 12.5. The van der Waals surface area contributed by atoms with Gasteiger partial charge < -0.3 is 10.1 Å². The molecular formula is C10H15ClN2O3S2. The Hall–Kier alpha value is -0.180. The third-order valence-electron chi connectivity index (χ3n) is 2.87. The Labute approximate surface area is 116 Å². The van der Waals surface area contributed by atoms with Crippen LogP contribution in [0.3, 0.4) is 0 Å². The fraction of sp³-hybridized carbons (Fsp3) is 0.600. The Morgan fingerprint density at radius 2 is 2.28 bits per heavy atom. The van der Waals surface area contributed by atoms with Crippen LogP contribution in [0.4, 0.5) is 0 Å². The largest absolute Gasteiger partial charge is 0.378 e. The Kier molecular flexibility index (Phi) is 4.30. The van der Waals surface area contributed by atoms with Crippen molar-refractivity contribution in [3.05, 3.63) is 16.0 Å². The Bertz CT molecular complexity index is 510. The van der Waals surface area contributed by atoms with Crippen molar-refractivity contribution in [3.8, 4) is 0 Å². The molecular weight excluding hydrogens is 296 g/mol. The van der Waals surface area contributed by atoms with Gasteiger partial charge in [0.05, 0.1) is 16.5 Å². The minimum atomic E-state index is -3.52. The average molecular weight is 311 g/mol. The van der Waals surface area contributed by atoms with E-state index in [9.17, 15) is 8.42 Å². The second kappa shape index (κ2) is 5.44. The van der Waals surface area contributed by atoms with Gasteiger partial charge in [0.15, 0.2) is 0 Å². The summed E-state index contributed by atoms with van der Waals surface area (Å²) < 4.78 is 33.0. The number of sulfonamides is 1. The van der Waals surface area contributed by atoms with Crippen LogP contribution in [0.25, 0.3) is 0 Å². The molecule has 8 heteroatoms. The van der Waals surface area contributed by atoms with Gasteiger partial charge in [-0.2, -0.15) is 0 Å². The van der Waals surface area contributed by atoms with Crippen LogP contribution in [0.15, 0.2) is 10.3 Å². The van der Waals surface area contributed by atoms with E-state index in [1.54, 1.807) is 20.1 Å². The Morgan fingerprint density at radius 1 is 1.56 bits per heavy atom. The number of thiophene rings is 1. The van der Waals surface area contributed by atoms with Gasteiger partial charge in [0.25, 0.3) is 0 Å². The van der Waals surface area contributed by atoms with Crippen LogP contribution in [0.1, 0.15) is 5.56 Å². The highest BCUT2D eigenvalue weighted by molar-refractivity contribution is 7.91. The quantitative estimate of drug-likeness (QED) is 0.870. The molecule has 1 saturated heterocycles. The molecule has 0 bridgehead atoms. The van der Waals surface area contributed by atoms with Crippen LogP contribution in [0, 0.1) is 6.92 Å². The normalized spacial score (nSPS) is 24.6. The summed E-state index contributed by atoms with van der Waals surface area (Å²) in [6.07, 6.45) is -0.142. The number of halogens is 1. The van der Waals surface area contributed by atoms with Crippen LogP contribution in [0.2, 0.25) is 4.34 Å². The molecule has 5 nitrogen and oxygen atoms in total. The van der Waals surface area contributed by atoms with Crippen molar-refractivity contribution in [1.82, 2.24) is 10.0 Å². The van der Waals surface area contributed by atoms with Crippen LogP contribution < -0.4 is 10.0 Å². The van der Waals surface area contributed by atoms with Crippen LogP contribution in [-0.2, 0) is 14.8 Å². The molecule has 0 amide bonds. The molecule has 2 heterocycles. The summed E-state index contributed by atoms with van der Waals surface area (Å²) in [6.45, 7) is 3.00.